The van der Waals surface area contributed by atoms with Gasteiger partial charge in [-0.25, -0.2) is 4.98 Å². The molecule has 150 valence electrons. The second-order valence-electron chi connectivity index (χ2n) is 6.73. The number of nitrogens with two attached hydrogens (primary N) is 1. The number of nitrogens with one attached hydrogen (secondary N) is 1. The molecule has 1 aromatic heterocycles. The molecule has 2 aromatic carbocycles. The SMILES string of the molecule is N[C@@H](Cc1cnc[nH]1)C(=O)Cc1ccc(C=Cc2ccc(C(F)(F)F)cc2)cc1. The first kappa shape index (κ1) is 20.5. The molecule has 0 spiro atoms. The van der Waals surface area contributed by atoms with Gasteiger partial charge < -0.3 is 10.7 Å². The third-order valence-electron chi connectivity index (χ3n) is 4.47. The maximum atomic E-state index is 12.6. The number of carbonyl (C=O) groups excluding carboxylic acids is 1. The normalized spacial score (nSPS) is 13.0. The molecule has 0 aliphatic carbocycles. The zero-order valence-corrected chi connectivity index (χ0v) is 15.5. The highest BCUT2D eigenvalue weighted by atomic mass is 19.4. The van der Waals surface area contributed by atoms with Gasteiger partial charge in [0.1, 0.15) is 0 Å². The van der Waals surface area contributed by atoms with Crippen molar-refractivity contribution in [1.29, 1.82) is 0 Å². The van der Waals surface area contributed by atoms with Crippen LogP contribution in [-0.4, -0.2) is 21.8 Å². The fourth-order valence-electron chi connectivity index (χ4n) is 2.80. The first-order valence-corrected chi connectivity index (χ1v) is 9.01. The fourth-order valence-corrected chi connectivity index (χ4v) is 2.80. The number of nitrogens with zero attached hydrogens (tertiary/aromatic N) is 1. The van der Waals surface area contributed by atoms with Crippen LogP contribution in [0.3, 0.4) is 0 Å². The van der Waals surface area contributed by atoms with Crippen LogP contribution in [0.25, 0.3) is 12.2 Å². The molecule has 0 fully saturated rings. The first-order valence-electron chi connectivity index (χ1n) is 9.01. The van der Waals surface area contributed by atoms with Gasteiger partial charge >= 0.3 is 6.18 Å². The summed E-state index contributed by atoms with van der Waals surface area (Å²) in [7, 11) is 0. The Labute approximate surface area is 166 Å². The summed E-state index contributed by atoms with van der Waals surface area (Å²) in [5.41, 5.74) is 8.49. The van der Waals surface area contributed by atoms with Crippen molar-refractivity contribution in [3.8, 4) is 0 Å². The van der Waals surface area contributed by atoms with Gasteiger partial charge in [-0.2, -0.15) is 13.2 Å². The summed E-state index contributed by atoms with van der Waals surface area (Å²) in [6.07, 6.45) is 3.04. The second-order valence-corrected chi connectivity index (χ2v) is 6.73. The number of H-pyrrole nitrogens is 1. The Morgan fingerprint density at radius 1 is 1.03 bits per heavy atom. The average Bonchev–Trinajstić information content (AvgIpc) is 3.20. The van der Waals surface area contributed by atoms with E-state index in [1.54, 1.807) is 24.7 Å². The third-order valence-corrected chi connectivity index (χ3v) is 4.47. The van der Waals surface area contributed by atoms with Gasteiger partial charge in [0.2, 0.25) is 0 Å². The maximum absolute atomic E-state index is 12.6. The van der Waals surface area contributed by atoms with E-state index in [-0.39, 0.29) is 12.2 Å². The molecule has 0 radical (unpaired) electrons. The van der Waals surface area contributed by atoms with E-state index in [0.29, 0.717) is 12.0 Å². The minimum absolute atomic E-state index is 0.0624. The number of ketones is 1. The highest BCUT2D eigenvalue weighted by Crippen LogP contribution is 2.29. The van der Waals surface area contributed by atoms with E-state index in [2.05, 4.69) is 9.97 Å². The number of aromatic nitrogens is 2. The predicted octanol–water partition coefficient (Wildman–Crippen LogP) is 4.28. The average molecular weight is 399 g/mol. The molecule has 29 heavy (non-hydrogen) atoms. The van der Waals surface area contributed by atoms with Gasteiger partial charge in [0.25, 0.3) is 0 Å². The summed E-state index contributed by atoms with van der Waals surface area (Å²) < 4.78 is 37.8. The summed E-state index contributed by atoms with van der Waals surface area (Å²) in [5.74, 6) is -0.0624. The van der Waals surface area contributed by atoms with E-state index in [9.17, 15) is 18.0 Å². The number of rotatable bonds is 7. The molecule has 3 rings (SSSR count). The lowest BCUT2D eigenvalue weighted by Gasteiger charge is -2.09. The number of carbonyl (C=O) groups is 1. The predicted molar refractivity (Wildman–Crippen MR) is 106 cm³/mol. The molecule has 3 N–H and O–H groups in total. The monoisotopic (exact) mass is 399 g/mol. The Balaban J connectivity index is 1.57. The fraction of sp³-hybridized carbons (Fsp3) is 0.182. The molecular weight excluding hydrogens is 379 g/mol. The lowest BCUT2D eigenvalue weighted by molar-refractivity contribution is -0.137. The van der Waals surface area contributed by atoms with Crippen LogP contribution >= 0.6 is 0 Å². The van der Waals surface area contributed by atoms with Crippen molar-refractivity contribution in [2.24, 2.45) is 5.73 Å². The Kier molecular flexibility index (Phi) is 6.29. The van der Waals surface area contributed by atoms with Crippen LogP contribution in [0.1, 0.15) is 27.9 Å². The van der Waals surface area contributed by atoms with Crippen LogP contribution < -0.4 is 5.73 Å². The van der Waals surface area contributed by atoms with Crippen LogP contribution in [0, 0.1) is 0 Å². The summed E-state index contributed by atoms with van der Waals surface area (Å²) in [6.45, 7) is 0. The number of alkyl halides is 3. The van der Waals surface area contributed by atoms with Crippen molar-refractivity contribution in [3.63, 3.8) is 0 Å². The van der Waals surface area contributed by atoms with Gasteiger partial charge in [0.05, 0.1) is 17.9 Å². The van der Waals surface area contributed by atoms with Crippen LogP contribution in [0.5, 0.6) is 0 Å². The Bertz CT molecular complexity index is 960. The minimum Gasteiger partial charge on any atom is -0.348 e. The minimum atomic E-state index is -4.34. The smallest absolute Gasteiger partial charge is 0.348 e. The number of benzene rings is 2. The molecule has 0 aliphatic heterocycles. The van der Waals surface area contributed by atoms with Gasteiger partial charge in [0, 0.05) is 24.7 Å². The highest BCUT2D eigenvalue weighted by molar-refractivity contribution is 5.86. The summed E-state index contributed by atoms with van der Waals surface area (Å²) in [4.78, 5) is 19.1. The lowest BCUT2D eigenvalue weighted by atomic mass is 10.00. The summed E-state index contributed by atoms with van der Waals surface area (Å²) in [5, 5.41) is 0. The Morgan fingerprint density at radius 2 is 1.62 bits per heavy atom. The largest absolute Gasteiger partial charge is 0.416 e. The molecule has 4 nitrogen and oxygen atoms in total. The molecule has 1 atom stereocenters. The number of aromatic amines is 1. The molecule has 0 bridgehead atoms. The third kappa shape index (κ3) is 5.89. The van der Waals surface area contributed by atoms with Crippen LogP contribution in [0.2, 0.25) is 0 Å². The summed E-state index contributed by atoms with van der Waals surface area (Å²) >= 11 is 0. The first-order chi connectivity index (χ1) is 13.8. The van der Waals surface area contributed by atoms with Gasteiger partial charge in [0.15, 0.2) is 5.78 Å². The van der Waals surface area contributed by atoms with E-state index < -0.39 is 17.8 Å². The lowest BCUT2D eigenvalue weighted by Crippen LogP contribution is -2.34. The zero-order valence-electron chi connectivity index (χ0n) is 15.5. The van der Waals surface area contributed by atoms with Crippen molar-refractivity contribution in [1.82, 2.24) is 9.97 Å². The molecule has 3 aromatic rings. The number of imidazole rings is 1. The topological polar surface area (TPSA) is 71.8 Å². The Morgan fingerprint density at radius 3 is 2.14 bits per heavy atom. The number of hydrogen-bond donors (Lipinski definition) is 2. The Hall–Kier alpha value is -3.19. The van der Waals surface area contributed by atoms with Crippen molar-refractivity contribution < 1.29 is 18.0 Å². The quantitative estimate of drug-likeness (QED) is 0.583. The highest BCUT2D eigenvalue weighted by Gasteiger charge is 2.29. The molecule has 0 unspecified atom stereocenters. The van der Waals surface area contributed by atoms with Gasteiger partial charge in [-0.3, -0.25) is 4.79 Å². The van der Waals surface area contributed by atoms with Crippen molar-refractivity contribution in [3.05, 3.63) is 89.0 Å². The maximum Gasteiger partial charge on any atom is 0.416 e. The van der Waals surface area contributed by atoms with Crippen molar-refractivity contribution >= 4 is 17.9 Å². The molecule has 0 saturated heterocycles. The van der Waals surface area contributed by atoms with Gasteiger partial charge in [-0.15, -0.1) is 0 Å². The molecule has 1 heterocycles. The van der Waals surface area contributed by atoms with E-state index in [0.717, 1.165) is 29.0 Å². The molecule has 0 amide bonds. The molecular formula is C22H20F3N3O. The van der Waals surface area contributed by atoms with Gasteiger partial charge in [-0.05, 0) is 28.8 Å². The van der Waals surface area contributed by atoms with E-state index in [1.165, 1.54) is 12.1 Å². The van der Waals surface area contributed by atoms with Crippen molar-refractivity contribution in [2.75, 3.05) is 0 Å². The second kappa shape index (κ2) is 8.87. The van der Waals surface area contributed by atoms with Crippen LogP contribution in [0.4, 0.5) is 13.2 Å². The molecule has 0 saturated carbocycles. The standard InChI is InChI=1S/C22H20F3N3O/c23-22(24,25)18-9-7-16(8-10-18)2-1-15-3-5-17(6-4-15)11-21(29)20(26)12-19-13-27-14-28-19/h1-10,13-14,20H,11-12,26H2,(H,27,28)/t20-/m0/s1. The van der Waals surface area contributed by atoms with E-state index >= 15 is 0 Å². The van der Waals surface area contributed by atoms with Crippen LogP contribution in [-0.2, 0) is 23.8 Å². The molecule has 7 heteroatoms. The van der Waals surface area contributed by atoms with E-state index in [4.69, 9.17) is 5.73 Å². The van der Waals surface area contributed by atoms with Crippen LogP contribution in [0.15, 0.2) is 61.1 Å². The van der Waals surface area contributed by atoms with Crippen molar-refractivity contribution in [2.45, 2.75) is 25.1 Å². The summed E-state index contributed by atoms with van der Waals surface area (Å²) in [6, 6.07) is 11.7. The van der Waals surface area contributed by atoms with E-state index in [1.807, 2.05) is 24.3 Å². The number of Topliss-reactive ketones (excluding diaryl/α,β-unsaturated/α-hetero) is 1. The number of halogens is 3. The number of hydrogen-bond acceptors (Lipinski definition) is 3. The van der Waals surface area contributed by atoms with Gasteiger partial charge in [-0.1, -0.05) is 48.6 Å². The zero-order chi connectivity index (χ0) is 20.9. The molecule has 0 aliphatic rings.